The van der Waals surface area contributed by atoms with E-state index in [1.165, 1.54) is 0 Å². The minimum atomic E-state index is -1.14. The fourth-order valence-corrected chi connectivity index (χ4v) is 1.52. The van der Waals surface area contributed by atoms with Crippen LogP contribution in [0.25, 0.3) is 0 Å². The Labute approximate surface area is 101 Å². The third-order valence-corrected chi connectivity index (χ3v) is 2.64. The number of aliphatic hydroxyl groups is 1. The maximum Gasteiger partial charge on any atom is 0.335 e. The van der Waals surface area contributed by atoms with Crippen LogP contribution in [0.15, 0.2) is 24.3 Å². The Kier molecular flexibility index (Phi) is 4.97. The SMILES string of the molecule is CCOC(=O)C(O)C(C)c1ccc(OC)cc1. The Balaban J connectivity index is 2.73. The zero-order valence-corrected chi connectivity index (χ0v) is 10.3. The summed E-state index contributed by atoms with van der Waals surface area (Å²) in [5.74, 6) is -0.151. The molecule has 0 aliphatic heterocycles. The summed E-state index contributed by atoms with van der Waals surface area (Å²) in [6, 6.07) is 7.24. The number of benzene rings is 1. The minimum absolute atomic E-state index is 0.269. The molecule has 4 heteroatoms. The first-order valence-corrected chi connectivity index (χ1v) is 5.58. The van der Waals surface area contributed by atoms with Gasteiger partial charge in [0.2, 0.25) is 0 Å². The molecule has 0 saturated carbocycles. The number of hydrogen-bond donors (Lipinski definition) is 1. The van der Waals surface area contributed by atoms with E-state index in [2.05, 4.69) is 0 Å². The molecular formula is C13H18O4. The average Bonchev–Trinajstić information content (AvgIpc) is 2.37. The van der Waals surface area contributed by atoms with E-state index in [0.717, 1.165) is 11.3 Å². The van der Waals surface area contributed by atoms with Gasteiger partial charge in [-0.25, -0.2) is 4.79 Å². The molecule has 0 radical (unpaired) electrons. The molecule has 0 amide bonds. The van der Waals surface area contributed by atoms with Gasteiger partial charge < -0.3 is 14.6 Å². The minimum Gasteiger partial charge on any atom is -0.497 e. The molecular weight excluding hydrogens is 220 g/mol. The van der Waals surface area contributed by atoms with Gasteiger partial charge >= 0.3 is 5.97 Å². The van der Waals surface area contributed by atoms with E-state index in [9.17, 15) is 9.90 Å². The summed E-state index contributed by atoms with van der Waals surface area (Å²) < 4.78 is 9.82. The maximum absolute atomic E-state index is 11.4. The lowest BCUT2D eigenvalue weighted by atomic mass is 9.95. The van der Waals surface area contributed by atoms with Crippen LogP contribution in [0.1, 0.15) is 25.3 Å². The predicted molar refractivity (Wildman–Crippen MR) is 64.0 cm³/mol. The molecule has 0 aliphatic carbocycles. The van der Waals surface area contributed by atoms with Gasteiger partial charge in [0.15, 0.2) is 6.10 Å². The van der Waals surface area contributed by atoms with E-state index < -0.39 is 12.1 Å². The molecule has 2 atom stereocenters. The molecule has 1 aromatic carbocycles. The lowest BCUT2D eigenvalue weighted by Gasteiger charge is -2.17. The summed E-state index contributed by atoms with van der Waals surface area (Å²) in [5, 5.41) is 9.79. The van der Waals surface area contributed by atoms with Gasteiger partial charge in [-0.15, -0.1) is 0 Å². The van der Waals surface area contributed by atoms with E-state index in [-0.39, 0.29) is 12.5 Å². The van der Waals surface area contributed by atoms with Crippen molar-refractivity contribution in [2.24, 2.45) is 0 Å². The summed E-state index contributed by atoms with van der Waals surface area (Å²) in [7, 11) is 1.59. The van der Waals surface area contributed by atoms with E-state index in [1.54, 1.807) is 33.1 Å². The van der Waals surface area contributed by atoms with Crippen molar-refractivity contribution in [3.63, 3.8) is 0 Å². The highest BCUT2D eigenvalue weighted by Gasteiger charge is 2.24. The first-order chi connectivity index (χ1) is 8.10. The highest BCUT2D eigenvalue weighted by Crippen LogP contribution is 2.22. The van der Waals surface area contributed by atoms with Crippen molar-refractivity contribution in [1.82, 2.24) is 0 Å². The third-order valence-electron chi connectivity index (χ3n) is 2.64. The summed E-state index contributed by atoms with van der Waals surface area (Å²) in [5.41, 5.74) is 0.867. The van der Waals surface area contributed by atoms with Crippen molar-refractivity contribution in [3.05, 3.63) is 29.8 Å². The van der Waals surface area contributed by atoms with Gasteiger partial charge in [0.05, 0.1) is 13.7 Å². The van der Waals surface area contributed by atoms with Crippen molar-refractivity contribution < 1.29 is 19.4 Å². The lowest BCUT2D eigenvalue weighted by Crippen LogP contribution is -2.28. The second kappa shape index (κ2) is 6.25. The Hall–Kier alpha value is -1.55. The van der Waals surface area contributed by atoms with Crippen molar-refractivity contribution in [2.45, 2.75) is 25.9 Å². The molecule has 94 valence electrons. The molecule has 2 unspecified atom stereocenters. The van der Waals surface area contributed by atoms with Crippen LogP contribution < -0.4 is 4.74 Å². The largest absolute Gasteiger partial charge is 0.497 e. The molecule has 0 spiro atoms. The quantitative estimate of drug-likeness (QED) is 0.794. The smallest absolute Gasteiger partial charge is 0.335 e. The number of esters is 1. The van der Waals surface area contributed by atoms with E-state index in [1.807, 2.05) is 12.1 Å². The van der Waals surface area contributed by atoms with Crippen molar-refractivity contribution in [1.29, 1.82) is 0 Å². The Morgan fingerprint density at radius 1 is 1.35 bits per heavy atom. The van der Waals surface area contributed by atoms with Crippen LogP contribution in [-0.2, 0) is 9.53 Å². The fraction of sp³-hybridized carbons (Fsp3) is 0.462. The molecule has 0 fully saturated rings. The molecule has 4 nitrogen and oxygen atoms in total. The zero-order chi connectivity index (χ0) is 12.8. The molecule has 0 bridgehead atoms. The number of hydrogen-bond acceptors (Lipinski definition) is 4. The normalized spacial score (nSPS) is 13.9. The van der Waals surface area contributed by atoms with E-state index in [0.29, 0.717) is 0 Å². The van der Waals surface area contributed by atoms with Crippen LogP contribution in [0.5, 0.6) is 5.75 Å². The highest BCUT2D eigenvalue weighted by atomic mass is 16.5. The Morgan fingerprint density at radius 2 is 1.94 bits per heavy atom. The Bertz CT molecular complexity index is 358. The number of aliphatic hydroxyl groups excluding tert-OH is 1. The van der Waals surface area contributed by atoms with Crippen molar-refractivity contribution >= 4 is 5.97 Å². The van der Waals surface area contributed by atoms with Crippen LogP contribution >= 0.6 is 0 Å². The van der Waals surface area contributed by atoms with Gasteiger partial charge in [0.1, 0.15) is 5.75 Å². The fourth-order valence-electron chi connectivity index (χ4n) is 1.52. The standard InChI is InChI=1S/C13H18O4/c1-4-17-13(15)12(14)9(2)10-5-7-11(16-3)8-6-10/h5-9,12,14H,4H2,1-3H3. The van der Waals surface area contributed by atoms with Gasteiger partial charge in [-0.1, -0.05) is 19.1 Å². The van der Waals surface area contributed by atoms with Crippen LogP contribution in [0, 0.1) is 0 Å². The molecule has 0 heterocycles. The first kappa shape index (κ1) is 13.5. The van der Waals surface area contributed by atoms with Gasteiger partial charge in [-0.2, -0.15) is 0 Å². The van der Waals surface area contributed by atoms with Crippen molar-refractivity contribution in [3.8, 4) is 5.75 Å². The molecule has 0 aliphatic rings. The lowest BCUT2D eigenvalue weighted by molar-refractivity contribution is -0.154. The predicted octanol–water partition coefficient (Wildman–Crippen LogP) is 1.72. The maximum atomic E-state index is 11.4. The zero-order valence-electron chi connectivity index (χ0n) is 10.3. The molecule has 0 aromatic heterocycles. The molecule has 1 rings (SSSR count). The van der Waals surface area contributed by atoms with E-state index >= 15 is 0 Å². The average molecular weight is 238 g/mol. The summed E-state index contributed by atoms with van der Waals surface area (Å²) in [6.07, 6.45) is -1.14. The second-order valence-electron chi connectivity index (χ2n) is 3.76. The van der Waals surface area contributed by atoms with Crippen molar-refractivity contribution in [2.75, 3.05) is 13.7 Å². The number of ether oxygens (including phenoxy) is 2. The molecule has 0 saturated heterocycles. The topological polar surface area (TPSA) is 55.8 Å². The highest BCUT2D eigenvalue weighted by molar-refractivity contribution is 5.75. The molecule has 17 heavy (non-hydrogen) atoms. The van der Waals surface area contributed by atoms with Crippen LogP contribution in [0.3, 0.4) is 0 Å². The monoisotopic (exact) mass is 238 g/mol. The summed E-state index contributed by atoms with van der Waals surface area (Å²) in [4.78, 5) is 11.4. The number of methoxy groups -OCH3 is 1. The first-order valence-electron chi connectivity index (χ1n) is 5.58. The summed E-state index contributed by atoms with van der Waals surface area (Å²) in [6.45, 7) is 3.76. The second-order valence-corrected chi connectivity index (χ2v) is 3.76. The number of rotatable bonds is 5. The van der Waals surface area contributed by atoms with Crippen LogP contribution in [0.4, 0.5) is 0 Å². The molecule has 1 N–H and O–H groups in total. The van der Waals surface area contributed by atoms with Gasteiger partial charge in [0.25, 0.3) is 0 Å². The van der Waals surface area contributed by atoms with Gasteiger partial charge in [0, 0.05) is 5.92 Å². The number of carbonyl (C=O) groups is 1. The third kappa shape index (κ3) is 3.46. The van der Waals surface area contributed by atoms with Gasteiger partial charge in [-0.3, -0.25) is 0 Å². The number of carbonyl (C=O) groups excluding carboxylic acids is 1. The van der Waals surface area contributed by atoms with Crippen LogP contribution in [-0.4, -0.2) is 30.9 Å². The van der Waals surface area contributed by atoms with E-state index in [4.69, 9.17) is 9.47 Å². The van der Waals surface area contributed by atoms with Gasteiger partial charge in [-0.05, 0) is 24.6 Å². The summed E-state index contributed by atoms with van der Waals surface area (Å²) >= 11 is 0. The van der Waals surface area contributed by atoms with Crippen LogP contribution in [0.2, 0.25) is 0 Å². The molecule has 1 aromatic rings. The Morgan fingerprint density at radius 3 is 2.41 bits per heavy atom.